The third kappa shape index (κ3) is 11.8. The average molecular weight is 975 g/mol. The van der Waals surface area contributed by atoms with Gasteiger partial charge in [0.25, 0.3) is 0 Å². The Morgan fingerprint density at radius 3 is 1.59 bits per heavy atom. The number of halogens is 3. The Morgan fingerprint density at radius 1 is 0.676 bits per heavy atom. The molecule has 0 unspecified atom stereocenters. The quantitative estimate of drug-likeness (QED) is 0.195. The summed E-state index contributed by atoms with van der Waals surface area (Å²) in [5.41, 5.74) is -2.16. The number of carbonyl (C=O) groups is 2. The number of para-hydroxylation sites is 1. The van der Waals surface area contributed by atoms with Gasteiger partial charge < -0.3 is 37.7 Å². The molecule has 376 valence electrons. The van der Waals surface area contributed by atoms with Crippen LogP contribution in [0.2, 0.25) is 0 Å². The number of nitrogens with zero attached hydrogens (tertiary/aromatic N) is 4. The Hall–Kier alpha value is -3.94. The standard InChI is InChI=1S/C27H38N2O4.C23H31F3N2O6S/c1-26(2,3)33-25(30)29-18-27(19-29)16-22(17-32-27)28-12-8-20(9-13-28)23-6-4-5-7-24(23)21-10-14-31-15-11-21;1-21(2,3)33-20(29)28-14-22(15-28)12-17(13-32-22)27-10-8-16(9-11-27)18-6-4-5-7-19(18)34-35(30,31)23(24,25)26/h4-7,10,20,22H,8-9,11-19H2,1-3H3;4-7,16-17H,8-15H2,1-3H3/t22-;17-/m00/s1. The van der Waals surface area contributed by atoms with E-state index in [2.05, 4.69) is 44.3 Å². The summed E-state index contributed by atoms with van der Waals surface area (Å²) in [5, 5.41) is 0. The fraction of sp³-hybridized carbons (Fsp3) is 0.680. The van der Waals surface area contributed by atoms with Crippen molar-refractivity contribution >= 4 is 27.9 Å². The number of hydrogen-bond acceptors (Lipinski definition) is 12. The van der Waals surface area contributed by atoms with Crippen LogP contribution in [-0.2, 0) is 33.8 Å². The number of amides is 2. The molecule has 2 amide bonds. The van der Waals surface area contributed by atoms with Crippen LogP contribution < -0.4 is 4.18 Å². The minimum absolute atomic E-state index is 0.117. The summed E-state index contributed by atoms with van der Waals surface area (Å²) < 4.78 is 94.6. The van der Waals surface area contributed by atoms with Gasteiger partial charge in [-0.05, 0) is 153 Å². The summed E-state index contributed by atoms with van der Waals surface area (Å²) in [4.78, 5) is 32.9. The third-order valence-electron chi connectivity index (χ3n) is 14.2. The Labute approximate surface area is 399 Å². The van der Waals surface area contributed by atoms with E-state index in [1.807, 2.05) is 41.5 Å². The van der Waals surface area contributed by atoms with E-state index in [-0.39, 0.29) is 41.1 Å². The van der Waals surface area contributed by atoms with E-state index in [9.17, 15) is 31.2 Å². The minimum atomic E-state index is -5.73. The number of rotatable bonds is 7. The molecule has 0 aliphatic carbocycles. The molecule has 2 atom stereocenters. The lowest BCUT2D eigenvalue weighted by Crippen LogP contribution is -2.64. The molecule has 0 radical (unpaired) electrons. The van der Waals surface area contributed by atoms with Crippen LogP contribution in [0.4, 0.5) is 22.8 Å². The van der Waals surface area contributed by atoms with Gasteiger partial charge in [0.2, 0.25) is 0 Å². The summed E-state index contributed by atoms with van der Waals surface area (Å²) in [6.45, 7) is 20.0. The van der Waals surface area contributed by atoms with Crippen molar-refractivity contribution in [3.63, 3.8) is 0 Å². The summed E-state index contributed by atoms with van der Waals surface area (Å²) in [5.74, 6) is 0.223. The molecule has 7 aliphatic rings. The fourth-order valence-electron chi connectivity index (χ4n) is 10.9. The first-order valence-corrected chi connectivity index (χ1v) is 25.6. The summed E-state index contributed by atoms with van der Waals surface area (Å²) in [6.07, 6.45) is 8.19. The number of benzene rings is 2. The van der Waals surface area contributed by atoms with Gasteiger partial charge in [-0.15, -0.1) is 0 Å². The van der Waals surface area contributed by atoms with E-state index >= 15 is 0 Å². The molecule has 0 saturated carbocycles. The van der Waals surface area contributed by atoms with Crippen LogP contribution in [0.15, 0.2) is 54.6 Å². The average Bonchev–Trinajstić information content (AvgIpc) is 3.92. The van der Waals surface area contributed by atoms with E-state index in [0.717, 1.165) is 52.2 Å². The summed E-state index contributed by atoms with van der Waals surface area (Å²) in [6, 6.07) is 15.6. The van der Waals surface area contributed by atoms with Crippen molar-refractivity contribution in [3.05, 3.63) is 71.3 Å². The third-order valence-corrected chi connectivity index (χ3v) is 15.2. The van der Waals surface area contributed by atoms with Crippen LogP contribution in [0.25, 0.3) is 5.57 Å². The van der Waals surface area contributed by atoms with Crippen molar-refractivity contribution in [1.29, 1.82) is 0 Å². The Kier molecular flexibility index (Phi) is 14.6. The number of carbonyl (C=O) groups excluding carboxylic acids is 2. The number of hydrogen-bond donors (Lipinski definition) is 0. The number of ether oxygens (including phenoxy) is 5. The molecule has 0 aromatic heterocycles. The second-order valence-electron chi connectivity index (χ2n) is 21.7. The van der Waals surface area contributed by atoms with Gasteiger partial charge in [-0.2, -0.15) is 21.6 Å². The summed E-state index contributed by atoms with van der Waals surface area (Å²) >= 11 is 0. The van der Waals surface area contributed by atoms with Crippen molar-refractivity contribution in [2.75, 3.05) is 78.8 Å². The molecule has 6 fully saturated rings. The maximum Gasteiger partial charge on any atom is 0.534 e. The maximum absolute atomic E-state index is 12.8. The molecule has 68 heavy (non-hydrogen) atoms. The molecular weight excluding hydrogens is 906 g/mol. The zero-order chi connectivity index (χ0) is 48.7. The van der Waals surface area contributed by atoms with Gasteiger partial charge in [-0.1, -0.05) is 48.5 Å². The zero-order valence-electron chi connectivity index (χ0n) is 40.4. The molecule has 2 aromatic carbocycles. The lowest BCUT2D eigenvalue weighted by Gasteiger charge is -2.47. The summed E-state index contributed by atoms with van der Waals surface area (Å²) in [7, 11) is -5.73. The van der Waals surface area contributed by atoms with Gasteiger partial charge >= 0.3 is 27.8 Å². The van der Waals surface area contributed by atoms with E-state index in [0.29, 0.717) is 76.2 Å². The van der Waals surface area contributed by atoms with Crippen LogP contribution in [-0.4, -0.2) is 159 Å². The van der Waals surface area contributed by atoms with Gasteiger partial charge in [-0.25, -0.2) is 9.59 Å². The molecule has 7 heterocycles. The van der Waals surface area contributed by atoms with Crippen LogP contribution in [0.5, 0.6) is 5.75 Å². The maximum atomic E-state index is 12.8. The minimum Gasteiger partial charge on any atom is -0.444 e. The topological polar surface area (TPSA) is 137 Å². The van der Waals surface area contributed by atoms with Crippen molar-refractivity contribution in [2.24, 2.45) is 0 Å². The van der Waals surface area contributed by atoms with Crippen molar-refractivity contribution in [2.45, 2.75) is 138 Å². The van der Waals surface area contributed by atoms with Gasteiger partial charge in [0.15, 0.2) is 0 Å². The van der Waals surface area contributed by atoms with Gasteiger partial charge in [0, 0.05) is 12.1 Å². The molecule has 9 rings (SSSR count). The zero-order valence-corrected chi connectivity index (χ0v) is 41.2. The predicted molar refractivity (Wildman–Crippen MR) is 249 cm³/mol. The molecule has 18 heteroatoms. The molecule has 0 N–H and O–H groups in total. The predicted octanol–water partition coefficient (Wildman–Crippen LogP) is 8.32. The SMILES string of the molecule is CC(C)(C)OC(=O)N1CC2(C[C@H](N3CCC(c4ccccc4C4=CCOCC4)CC3)CO2)C1.CC(C)(C)OC(=O)N1CC2(C[C@H](N3CCC(c4ccccc4OS(=O)(=O)C(F)(F)F)CC3)CO2)C1. The van der Waals surface area contributed by atoms with Crippen LogP contribution in [0.1, 0.15) is 115 Å². The highest BCUT2D eigenvalue weighted by Gasteiger charge is 2.55. The molecule has 6 saturated heterocycles. The van der Waals surface area contributed by atoms with E-state index in [1.165, 1.54) is 41.7 Å². The van der Waals surface area contributed by atoms with E-state index in [4.69, 9.17) is 23.7 Å². The highest BCUT2D eigenvalue weighted by atomic mass is 32.2. The second kappa shape index (κ2) is 19.7. The van der Waals surface area contributed by atoms with E-state index < -0.39 is 26.8 Å². The highest BCUT2D eigenvalue weighted by Crippen LogP contribution is 2.43. The monoisotopic (exact) mass is 974 g/mol. The Bertz CT molecular complexity index is 2250. The first-order valence-electron chi connectivity index (χ1n) is 24.2. The first kappa shape index (κ1) is 50.4. The molecule has 0 bridgehead atoms. The van der Waals surface area contributed by atoms with Gasteiger partial charge in [0.1, 0.15) is 28.2 Å². The van der Waals surface area contributed by atoms with Crippen LogP contribution >= 0.6 is 0 Å². The van der Waals surface area contributed by atoms with Crippen LogP contribution in [0.3, 0.4) is 0 Å². The molecule has 2 spiro atoms. The molecule has 2 aromatic rings. The number of piperidine rings is 2. The van der Waals surface area contributed by atoms with E-state index in [1.54, 1.807) is 21.9 Å². The van der Waals surface area contributed by atoms with Crippen LogP contribution in [0, 0.1) is 0 Å². The van der Waals surface area contributed by atoms with Crippen molar-refractivity contribution in [1.82, 2.24) is 19.6 Å². The molecular formula is C50H69F3N4O10S. The smallest absolute Gasteiger partial charge is 0.444 e. The lowest BCUT2D eigenvalue weighted by molar-refractivity contribution is -0.109. The Morgan fingerprint density at radius 2 is 1.13 bits per heavy atom. The van der Waals surface area contributed by atoms with Gasteiger partial charge in [-0.3, -0.25) is 9.80 Å². The van der Waals surface area contributed by atoms with Crippen molar-refractivity contribution in [3.8, 4) is 5.75 Å². The highest BCUT2D eigenvalue weighted by molar-refractivity contribution is 7.88. The Balaban J connectivity index is 0.000000184. The lowest BCUT2D eigenvalue weighted by atomic mass is 9.82. The first-order chi connectivity index (χ1) is 32.0. The largest absolute Gasteiger partial charge is 0.534 e. The normalized spacial score (nSPS) is 25.0. The fourth-order valence-corrected chi connectivity index (χ4v) is 11.4. The molecule has 14 nitrogen and oxygen atoms in total. The van der Waals surface area contributed by atoms with Gasteiger partial charge in [0.05, 0.1) is 52.6 Å². The van der Waals surface area contributed by atoms with Crippen molar-refractivity contribution < 1.29 is 59.0 Å². The molecule has 7 aliphatic heterocycles. The second-order valence-corrected chi connectivity index (χ2v) is 23.2. The number of alkyl halides is 3. The number of likely N-dealkylation sites (tertiary alicyclic amines) is 4.